The molecule has 2 saturated carbocycles. The van der Waals surface area contributed by atoms with Crippen molar-refractivity contribution in [3.05, 3.63) is 0 Å². The van der Waals surface area contributed by atoms with Gasteiger partial charge in [0.25, 0.3) is 0 Å². The summed E-state index contributed by atoms with van der Waals surface area (Å²) >= 11 is 0. The molecule has 3 N–H and O–H groups in total. The van der Waals surface area contributed by atoms with E-state index in [1.807, 2.05) is 0 Å². The molecule has 0 aromatic heterocycles. The minimum absolute atomic E-state index is 0.340. The molecular weight excluding hydrogens is 198 g/mol. The van der Waals surface area contributed by atoms with Gasteiger partial charge >= 0.3 is 0 Å². The van der Waals surface area contributed by atoms with Gasteiger partial charge in [0.05, 0.1) is 5.60 Å². The van der Waals surface area contributed by atoms with Crippen molar-refractivity contribution in [1.82, 2.24) is 0 Å². The average Bonchev–Trinajstić information content (AvgIpc) is 2.33. The van der Waals surface area contributed by atoms with E-state index in [-0.39, 0.29) is 5.60 Å². The van der Waals surface area contributed by atoms with Gasteiger partial charge in [-0.3, -0.25) is 0 Å². The van der Waals surface area contributed by atoms with Crippen LogP contribution in [0.25, 0.3) is 0 Å². The van der Waals surface area contributed by atoms with E-state index in [9.17, 15) is 5.11 Å². The topological polar surface area (TPSA) is 46.2 Å². The van der Waals surface area contributed by atoms with Gasteiger partial charge in [0.15, 0.2) is 0 Å². The summed E-state index contributed by atoms with van der Waals surface area (Å²) in [5, 5.41) is 10.7. The second-order valence-corrected chi connectivity index (χ2v) is 6.07. The Morgan fingerprint density at radius 2 is 1.62 bits per heavy atom. The Labute approximate surface area is 99.6 Å². The summed E-state index contributed by atoms with van der Waals surface area (Å²) in [6.45, 7) is 2.29. The maximum absolute atomic E-state index is 10.7. The summed E-state index contributed by atoms with van der Waals surface area (Å²) < 4.78 is 0. The molecule has 2 aliphatic carbocycles. The van der Waals surface area contributed by atoms with Crippen LogP contribution in [0, 0.1) is 11.8 Å². The number of rotatable bonds is 2. The Bertz CT molecular complexity index is 213. The molecule has 0 saturated heterocycles. The molecule has 2 nitrogen and oxygen atoms in total. The molecule has 2 fully saturated rings. The highest BCUT2D eigenvalue weighted by atomic mass is 16.3. The van der Waals surface area contributed by atoms with E-state index in [1.165, 1.54) is 32.1 Å². The summed E-state index contributed by atoms with van der Waals surface area (Å²) in [6, 6.07) is 0.340. The molecule has 0 spiro atoms. The Morgan fingerprint density at radius 3 is 2.12 bits per heavy atom. The van der Waals surface area contributed by atoms with E-state index >= 15 is 0 Å². The van der Waals surface area contributed by atoms with Crippen molar-refractivity contribution in [2.75, 3.05) is 0 Å². The number of aliphatic hydroxyl groups is 1. The van der Waals surface area contributed by atoms with E-state index in [4.69, 9.17) is 5.73 Å². The molecule has 0 amide bonds. The molecule has 2 aliphatic rings. The first-order chi connectivity index (χ1) is 7.64. The number of hydrogen-bond donors (Lipinski definition) is 2. The van der Waals surface area contributed by atoms with E-state index in [1.54, 1.807) is 0 Å². The number of hydrogen-bond acceptors (Lipinski definition) is 2. The molecule has 94 valence electrons. The maximum Gasteiger partial charge on any atom is 0.0677 e. The van der Waals surface area contributed by atoms with Crippen LogP contribution in [0.4, 0.5) is 0 Å². The van der Waals surface area contributed by atoms with Gasteiger partial charge in [-0.25, -0.2) is 0 Å². The lowest BCUT2D eigenvalue weighted by Crippen LogP contribution is -2.45. The van der Waals surface area contributed by atoms with Crippen LogP contribution in [0.2, 0.25) is 0 Å². The fourth-order valence-electron chi connectivity index (χ4n) is 3.66. The van der Waals surface area contributed by atoms with Gasteiger partial charge in [-0.05, 0) is 50.4 Å². The minimum Gasteiger partial charge on any atom is -0.390 e. The SMILES string of the molecule is CCC1CCC(C2(O)CCC(N)CC2)CC1. The first kappa shape index (κ1) is 12.4. The predicted octanol–water partition coefficient (Wildman–Crippen LogP) is 2.84. The van der Waals surface area contributed by atoms with Crippen molar-refractivity contribution < 1.29 is 5.11 Å². The molecule has 0 aliphatic heterocycles. The molecule has 0 radical (unpaired) electrons. The summed E-state index contributed by atoms with van der Waals surface area (Å²) in [6.07, 6.45) is 10.4. The third-order valence-electron chi connectivity index (χ3n) is 5.08. The molecule has 2 rings (SSSR count). The van der Waals surface area contributed by atoms with E-state index in [0.29, 0.717) is 12.0 Å². The number of nitrogens with two attached hydrogens (primary N) is 1. The van der Waals surface area contributed by atoms with Gasteiger partial charge in [-0.2, -0.15) is 0 Å². The van der Waals surface area contributed by atoms with Gasteiger partial charge in [0.2, 0.25) is 0 Å². The fourth-order valence-corrected chi connectivity index (χ4v) is 3.66. The van der Waals surface area contributed by atoms with Crippen LogP contribution >= 0.6 is 0 Å². The van der Waals surface area contributed by atoms with E-state index in [2.05, 4.69) is 6.92 Å². The zero-order chi connectivity index (χ0) is 11.6. The van der Waals surface area contributed by atoms with Gasteiger partial charge in [-0.1, -0.05) is 26.2 Å². The Balaban J connectivity index is 1.88. The third-order valence-corrected chi connectivity index (χ3v) is 5.08. The first-order valence-corrected chi connectivity index (χ1v) is 7.12. The van der Waals surface area contributed by atoms with Crippen LogP contribution in [-0.4, -0.2) is 16.7 Å². The molecule has 0 heterocycles. The minimum atomic E-state index is -0.366. The van der Waals surface area contributed by atoms with Crippen molar-refractivity contribution in [3.63, 3.8) is 0 Å². The summed E-state index contributed by atoms with van der Waals surface area (Å²) in [7, 11) is 0. The second-order valence-electron chi connectivity index (χ2n) is 6.07. The van der Waals surface area contributed by atoms with Crippen LogP contribution in [0.1, 0.15) is 64.7 Å². The zero-order valence-electron chi connectivity index (χ0n) is 10.6. The normalized spacial score (nSPS) is 45.6. The summed E-state index contributed by atoms with van der Waals surface area (Å²) in [5.74, 6) is 1.48. The van der Waals surface area contributed by atoms with Crippen molar-refractivity contribution in [2.45, 2.75) is 76.4 Å². The summed E-state index contributed by atoms with van der Waals surface area (Å²) in [5.41, 5.74) is 5.55. The first-order valence-electron chi connectivity index (χ1n) is 7.12. The Morgan fingerprint density at radius 1 is 1.06 bits per heavy atom. The van der Waals surface area contributed by atoms with Gasteiger partial charge in [0.1, 0.15) is 0 Å². The largest absolute Gasteiger partial charge is 0.390 e. The second kappa shape index (κ2) is 5.05. The standard InChI is InChI=1S/C14H27NO/c1-2-11-3-5-12(6-4-11)14(16)9-7-13(15)8-10-14/h11-13,16H,2-10,15H2,1H3. The molecule has 0 aromatic carbocycles. The van der Waals surface area contributed by atoms with Gasteiger partial charge in [0, 0.05) is 6.04 Å². The lowest BCUT2D eigenvalue weighted by Gasteiger charge is -2.43. The van der Waals surface area contributed by atoms with Crippen LogP contribution in [0.3, 0.4) is 0 Å². The van der Waals surface area contributed by atoms with Crippen molar-refractivity contribution in [1.29, 1.82) is 0 Å². The highest BCUT2D eigenvalue weighted by molar-refractivity contribution is 4.94. The molecule has 0 atom stereocenters. The highest BCUT2D eigenvalue weighted by Crippen LogP contribution is 2.43. The molecule has 2 heteroatoms. The molecule has 0 bridgehead atoms. The Kier molecular flexibility index (Phi) is 3.91. The highest BCUT2D eigenvalue weighted by Gasteiger charge is 2.40. The quantitative estimate of drug-likeness (QED) is 0.759. The van der Waals surface area contributed by atoms with Crippen molar-refractivity contribution >= 4 is 0 Å². The lowest BCUT2D eigenvalue weighted by atomic mass is 9.67. The molecule has 16 heavy (non-hydrogen) atoms. The van der Waals surface area contributed by atoms with Crippen LogP contribution < -0.4 is 5.73 Å². The molecule has 0 unspecified atom stereocenters. The molecular formula is C14H27NO. The zero-order valence-corrected chi connectivity index (χ0v) is 10.6. The fraction of sp³-hybridized carbons (Fsp3) is 1.00. The average molecular weight is 225 g/mol. The van der Waals surface area contributed by atoms with Crippen molar-refractivity contribution in [3.8, 4) is 0 Å². The van der Waals surface area contributed by atoms with E-state index < -0.39 is 0 Å². The van der Waals surface area contributed by atoms with Crippen LogP contribution in [0.15, 0.2) is 0 Å². The predicted molar refractivity (Wildman–Crippen MR) is 67.1 cm³/mol. The molecule has 0 aromatic rings. The monoisotopic (exact) mass is 225 g/mol. The third kappa shape index (κ3) is 2.60. The van der Waals surface area contributed by atoms with Crippen LogP contribution in [0.5, 0.6) is 0 Å². The maximum atomic E-state index is 10.7. The summed E-state index contributed by atoms with van der Waals surface area (Å²) in [4.78, 5) is 0. The van der Waals surface area contributed by atoms with E-state index in [0.717, 1.165) is 31.6 Å². The Hall–Kier alpha value is -0.0800. The van der Waals surface area contributed by atoms with Crippen LogP contribution in [-0.2, 0) is 0 Å². The van der Waals surface area contributed by atoms with Gasteiger partial charge in [-0.15, -0.1) is 0 Å². The van der Waals surface area contributed by atoms with Crippen molar-refractivity contribution in [2.24, 2.45) is 17.6 Å². The smallest absolute Gasteiger partial charge is 0.0677 e. The van der Waals surface area contributed by atoms with Gasteiger partial charge < -0.3 is 10.8 Å². The lowest BCUT2D eigenvalue weighted by molar-refractivity contribution is -0.0682.